The minimum atomic E-state index is -0.0632. The van der Waals surface area contributed by atoms with Gasteiger partial charge in [0.2, 0.25) is 5.91 Å². The molecule has 158 valence electrons. The molecule has 6 heteroatoms. The van der Waals surface area contributed by atoms with Gasteiger partial charge in [-0.05, 0) is 30.2 Å². The number of ether oxygens (including phenoxy) is 1. The Bertz CT molecular complexity index is 900. The number of nitrogens with zero attached hydrogens (tertiary/aromatic N) is 2. The van der Waals surface area contributed by atoms with E-state index in [0.717, 1.165) is 6.42 Å². The Morgan fingerprint density at radius 3 is 2.17 bits per heavy atom. The number of carbonyl (C=O) groups excluding carboxylic acids is 3. The number of Topliss-reactive ketones (excluding diaryl/α,β-unsaturated/α-hetero) is 1. The van der Waals surface area contributed by atoms with Gasteiger partial charge in [0.15, 0.2) is 5.78 Å². The molecule has 6 nitrogen and oxygen atoms in total. The molecule has 0 spiro atoms. The number of benzene rings is 2. The molecule has 1 fully saturated rings. The van der Waals surface area contributed by atoms with Gasteiger partial charge in [-0.15, -0.1) is 0 Å². The lowest BCUT2D eigenvalue weighted by molar-refractivity contribution is -0.132. The zero-order valence-electron chi connectivity index (χ0n) is 17.6. The fourth-order valence-corrected chi connectivity index (χ4v) is 3.55. The third-order valence-electron chi connectivity index (χ3n) is 5.49. The summed E-state index contributed by atoms with van der Waals surface area (Å²) in [7, 11) is 1.57. The molecule has 1 aliphatic rings. The van der Waals surface area contributed by atoms with Gasteiger partial charge >= 0.3 is 0 Å². The number of methoxy groups -OCH3 is 1. The average molecular weight is 408 g/mol. The number of piperazine rings is 1. The summed E-state index contributed by atoms with van der Waals surface area (Å²) in [4.78, 5) is 41.0. The van der Waals surface area contributed by atoms with Gasteiger partial charge in [-0.1, -0.05) is 37.3 Å². The largest absolute Gasteiger partial charge is 0.497 e. The van der Waals surface area contributed by atoms with E-state index in [9.17, 15) is 14.4 Å². The Morgan fingerprint density at radius 2 is 1.53 bits per heavy atom. The summed E-state index contributed by atoms with van der Waals surface area (Å²) in [6, 6.07) is 14.6. The molecule has 30 heavy (non-hydrogen) atoms. The van der Waals surface area contributed by atoms with E-state index in [2.05, 4.69) is 6.92 Å². The molecule has 3 rings (SSSR count). The summed E-state index contributed by atoms with van der Waals surface area (Å²) in [6.07, 6.45) is 1.32. The molecule has 0 aromatic heterocycles. The molecule has 0 N–H and O–H groups in total. The molecule has 0 saturated carbocycles. The molecule has 0 radical (unpaired) electrons. The molecule has 2 aromatic rings. The molecule has 1 saturated heterocycles. The predicted molar refractivity (Wildman–Crippen MR) is 115 cm³/mol. The maximum Gasteiger partial charge on any atom is 0.254 e. The van der Waals surface area contributed by atoms with Crippen molar-refractivity contribution in [2.24, 2.45) is 0 Å². The Labute approximate surface area is 177 Å². The van der Waals surface area contributed by atoms with Crippen molar-refractivity contribution in [1.29, 1.82) is 0 Å². The van der Waals surface area contributed by atoms with Crippen LogP contribution in [0.25, 0.3) is 0 Å². The van der Waals surface area contributed by atoms with Crippen molar-refractivity contribution in [2.75, 3.05) is 33.3 Å². The van der Waals surface area contributed by atoms with E-state index in [-0.39, 0.29) is 30.4 Å². The first-order valence-electron chi connectivity index (χ1n) is 10.3. The van der Waals surface area contributed by atoms with Crippen molar-refractivity contribution in [3.63, 3.8) is 0 Å². The van der Waals surface area contributed by atoms with E-state index in [1.54, 1.807) is 41.2 Å². The molecule has 0 bridgehead atoms. The second-order valence-corrected chi connectivity index (χ2v) is 7.38. The first-order chi connectivity index (χ1) is 14.5. The lowest BCUT2D eigenvalue weighted by atomic mass is 10.0. The van der Waals surface area contributed by atoms with Crippen LogP contribution in [-0.2, 0) is 11.2 Å². The SMILES string of the molecule is CCc1ccc(C(=O)CCC(=O)N2CCN(C(=O)c3cccc(OC)c3)CC2)cc1. The van der Waals surface area contributed by atoms with E-state index in [4.69, 9.17) is 4.74 Å². The number of hydrogen-bond acceptors (Lipinski definition) is 4. The maximum atomic E-state index is 12.7. The number of amides is 2. The molecule has 0 atom stereocenters. The number of rotatable bonds is 7. The molecule has 1 aliphatic heterocycles. The topological polar surface area (TPSA) is 66.9 Å². The lowest BCUT2D eigenvalue weighted by Crippen LogP contribution is -2.50. The smallest absolute Gasteiger partial charge is 0.254 e. The molecular formula is C24H28N2O4. The monoisotopic (exact) mass is 408 g/mol. The number of hydrogen-bond donors (Lipinski definition) is 0. The van der Waals surface area contributed by atoms with Crippen LogP contribution >= 0.6 is 0 Å². The number of carbonyl (C=O) groups is 3. The van der Waals surface area contributed by atoms with Crippen LogP contribution in [-0.4, -0.2) is 60.7 Å². The summed E-state index contributed by atoms with van der Waals surface area (Å²) in [6.45, 7) is 3.99. The van der Waals surface area contributed by atoms with E-state index in [1.165, 1.54) is 5.56 Å². The van der Waals surface area contributed by atoms with Crippen molar-refractivity contribution in [1.82, 2.24) is 9.80 Å². The molecule has 2 amide bonds. The quantitative estimate of drug-likeness (QED) is 0.660. The van der Waals surface area contributed by atoms with Gasteiger partial charge in [-0.25, -0.2) is 0 Å². The normalized spacial score (nSPS) is 13.8. The van der Waals surface area contributed by atoms with Crippen LogP contribution in [0.1, 0.15) is 46.0 Å². The van der Waals surface area contributed by atoms with Crippen LogP contribution < -0.4 is 4.74 Å². The van der Waals surface area contributed by atoms with E-state index in [0.29, 0.717) is 43.1 Å². The average Bonchev–Trinajstić information content (AvgIpc) is 2.82. The Balaban J connectivity index is 1.47. The molecule has 1 heterocycles. The minimum absolute atomic E-state index is 0.0159. The third kappa shape index (κ3) is 5.26. The highest BCUT2D eigenvalue weighted by atomic mass is 16.5. The van der Waals surface area contributed by atoms with Crippen LogP contribution in [0.3, 0.4) is 0 Å². The third-order valence-corrected chi connectivity index (χ3v) is 5.49. The predicted octanol–water partition coefficient (Wildman–Crippen LogP) is 3.21. The minimum Gasteiger partial charge on any atom is -0.497 e. The Hall–Kier alpha value is -3.15. The lowest BCUT2D eigenvalue weighted by Gasteiger charge is -2.35. The highest BCUT2D eigenvalue weighted by molar-refractivity contribution is 5.98. The summed E-state index contributed by atoms with van der Waals surface area (Å²) in [5.41, 5.74) is 2.41. The van der Waals surface area contributed by atoms with E-state index < -0.39 is 0 Å². The number of ketones is 1. The maximum absolute atomic E-state index is 12.7. The molecule has 2 aromatic carbocycles. The van der Waals surface area contributed by atoms with Gasteiger partial charge in [0, 0.05) is 50.1 Å². The van der Waals surface area contributed by atoms with Crippen molar-refractivity contribution in [3.8, 4) is 5.75 Å². The van der Waals surface area contributed by atoms with Crippen LogP contribution in [0.15, 0.2) is 48.5 Å². The van der Waals surface area contributed by atoms with E-state index >= 15 is 0 Å². The van der Waals surface area contributed by atoms with Crippen LogP contribution in [0.5, 0.6) is 5.75 Å². The van der Waals surface area contributed by atoms with Crippen molar-refractivity contribution >= 4 is 17.6 Å². The summed E-state index contributed by atoms with van der Waals surface area (Å²) in [5.74, 6) is 0.523. The van der Waals surface area contributed by atoms with Gasteiger partial charge in [-0.2, -0.15) is 0 Å². The van der Waals surface area contributed by atoms with Crippen LogP contribution in [0.4, 0.5) is 0 Å². The second-order valence-electron chi connectivity index (χ2n) is 7.38. The highest BCUT2D eigenvalue weighted by Crippen LogP contribution is 2.16. The molecular weight excluding hydrogens is 380 g/mol. The fraction of sp³-hybridized carbons (Fsp3) is 0.375. The van der Waals surface area contributed by atoms with Crippen LogP contribution in [0.2, 0.25) is 0 Å². The molecule has 0 unspecified atom stereocenters. The Kier molecular flexibility index (Phi) is 7.22. The second kappa shape index (κ2) is 10.1. The van der Waals surface area contributed by atoms with Crippen LogP contribution in [0, 0.1) is 0 Å². The zero-order chi connectivity index (χ0) is 21.5. The standard InChI is InChI=1S/C24H28N2O4/c1-3-18-7-9-19(10-8-18)22(27)11-12-23(28)25-13-15-26(16-14-25)24(29)20-5-4-6-21(17-20)30-2/h4-10,17H,3,11-16H2,1-2H3. The van der Waals surface area contributed by atoms with Gasteiger partial charge < -0.3 is 14.5 Å². The Morgan fingerprint density at radius 1 is 0.867 bits per heavy atom. The van der Waals surface area contributed by atoms with E-state index in [1.807, 2.05) is 24.3 Å². The highest BCUT2D eigenvalue weighted by Gasteiger charge is 2.25. The summed E-state index contributed by atoms with van der Waals surface area (Å²) in [5, 5.41) is 0. The fourth-order valence-electron chi connectivity index (χ4n) is 3.55. The summed E-state index contributed by atoms with van der Waals surface area (Å²) < 4.78 is 5.18. The van der Waals surface area contributed by atoms with Gasteiger partial charge in [0.25, 0.3) is 5.91 Å². The van der Waals surface area contributed by atoms with Crippen molar-refractivity contribution in [3.05, 3.63) is 65.2 Å². The first kappa shape index (κ1) is 21.6. The zero-order valence-corrected chi connectivity index (χ0v) is 17.6. The van der Waals surface area contributed by atoms with Crippen molar-refractivity contribution in [2.45, 2.75) is 26.2 Å². The number of aryl methyl sites for hydroxylation is 1. The van der Waals surface area contributed by atoms with Gasteiger partial charge in [0.05, 0.1) is 7.11 Å². The molecule has 0 aliphatic carbocycles. The first-order valence-corrected chi connectivity index (χ1v) is 10.3. The summed E-state index contributed by atoms with van der Waals surface area (Å²) >= 11 is 0. The van der Waals surface area contributed by atoms with Crippen molar-refractivity contribution < 1.29 is 19.1 Å². The van der Waals surface area contributed by atoms with Gasteiger partial charge in [0.1, 0.15) is 5.75 Å². The van der Waals surface area contributed by atoms with Gasteiger partial charge in [-0.3, -0.25) is 14.4 Å².